The molecule has 0 saturated carbocycles. The number of aryl methyl sites for hydroxylation is 3. The fourth-order valence-electron chi connectivity index (χ4n) is 3.10. The number of aromatic nitrogens is 3. The molecule has 0 unspecified atom stereocenters. The van der Waals surface area contributed by atoms with Crippen LogP contribution < -0.4 is 10.4 Å². The molecule has 3 aromatic rings. The first-order valence-corrected chi connectivity index (χ1v) is 8.19. The van der Waals surface area contributed by atoms with Crippen molar-refractivity contribution in [1.82, 2.24) is 14.8 Å². The van der Waals surface area contributed by atoms with Crippen molar-refractivity contribution in [2.75, 3.05) is 0 Å². The zero-order valence-electron chi connectivity index (χ0n) is 13.6. The van der Waals surface area contributed by atoms with Crippen molar-refractivity contribution >= 4 is 0 Å². The van der Waals surface area contributed by atoms with Gasteiger partial charge in [0.15, 0.2) is 0 Å². The molecule has 0 fully saturated rings. The summed E-state index contributed by atoms with van der Waals surface area (Å²) in [4.78, 5) is 12.0. The molecule has 5 heteroatoms. The van der Waals surface area contributed by atoms with Crippen molar-refractivity contribution in [1.29, 1.82) is 0 Å². The lowest BCUT2D eigenvalue weighted by Gasteiger charge is -2.11. The van der Waals surface area contributed by atoms with Crippen molar-refractivity contribution in [3.8, 4) is 11.4 Å². The van der Waals surface area contributed by atoms with Crippen LogP contribution in [0, 0.1) is 6.92 Å². The zero-order chi connectivity index (χ0) is 16.5. The first-order chi connectivity index (χ1) is 11.7. The molecule has 2 aromatic carbocycles. The van der Waals surface area contributed by atoms with Gasteiger partial charge in [-0.2, -0.15) is 5.10 Å². The molecule has 1 aliphatic rings. The maximum atomic E-state index is 12.0. The molecule has 122 valence electrons. The van der Waals surface area contributed by atoms with E-state index in [0.29, 0.717) is 6.61 Å². The Labute approximate surface area is 139 Å². The van der Waals surface area contributed by atoms with Crippen molar-refractivity contribution in [2.45, 2.75) is 32.8 Å². The molecule has 1 aromatic heterocycles. The van der Waals surface area contributed by atoms with Crippen LogP contribution >= 0.6 is 0 Å². The van der Waals surface area contributed by atoms with Gasteiger partial charge in [0, 0.05) is 6.42 Å². The molecule has 5 nitrogen and oxygen atoms in total. The Morgan fingerprint density at radius 3 is 2.83 bits per heavy atom. The van der Waals surface area contributed by atoms with Gasteiger partial charge in [-0.1, -0.05) is 29.8 Å². The van der Waals surface area contributed by atoms with E-state index in [1.807, 2.05) is 18.2 Å². The second kappa shape index (κ2) is 6.00. The lowest BCUT2D eigenvalue weighted by molar-refractivity contribution is 0.306. The number of hydrogen-bond donors (Lipinski definition) is 1. The topological polar surface area (TPSA) is 59.9 Å². The number of benzene rings is 2. The molecule has 0 atom stereocenters. The fraction of sp³-hybridized carbons (Fsp3) is 0.263. The van der Waals surface area contributed by atoms with E-state index < -0.39 is 0 Å². The van der Waals surface area contributed by atoms with Crippen LogP contribution in [0.5, 0.6) is 5.75 Å². The van der Waals surface area contributed by atoms with Crippen LogP contribution in [-0.2, 0) is 19.4 Å². The third kappa shape index (κ3) is 2.73. The fourth-order valence-corrected chi connectivity index (χ4v) is 3.10. The molecule has 0 saturated heterocycles. The monoisotopic (exact) mass is 321 g/mol. The molecule has 4 rings (SSSR count). The lowest BCUT2D eigenvalue weighted by atomic mass is 10.1. The Kier molecular flexibility index (Phi) is 3.69. The molecule has 2 heterocycles. The SMILES string of the molecule is Cc1ccc(COc2ccc3c(c2)CCCc2n[nH]c(=O)n2-3)cc1. The van der Waals surface area contributed by atoms with E-state index in [4.69, 9.17) is 4.74 Å². The van der Waals surface area contributed by atoms with Gasteiger partial charge in [0.1, 0.15) is 18.2 Å². The van der Waals surface area contributed by atoms with Gasteiger partial charge in [0.25, 0.3) is 0 Å². The second-order valence-electron chi connectivity index (χ2n) is 6.20. The minimum absolute atomic E-state index is 0.179. The third-order valence-electron chi connectivity index (χ3n) is 4.41. The van der Waals surface area contributed by atoms with Crippen molar-refractivity contribution in [2.24, 2.45) is 0 Å². The number of nitrogens with one attached hydrogen (secondary N) is 1. The summed E-state index contributed by atoms with van der Waals surface area (Å²) < 4.78 is 7.60. The number of ether oxygens (including phenoxy) is 1. The molecule has 0 aliphatic carbocycles. The maximum absolute atomic E-state index is 12.0. The molecule has 1 aliphatic heterocycles. The molecule has 0 amide bonds. The van der Waals surface area contributed by atoms with Gasteiger partial charge < -0.3 is 4.74 Å². The maximum Gasteiger partial charge on any atom is 0.347 e. The largest absolute Gasteiger partial charge is 0.489 e. The van der Waals surface area contributed by atoms with Gasteiger partial charge in [0.05, 0.1) is 5.69 Å². The summed E-state index contributed by atoms with van der Waals surface area (Å²) in [5, 5.41) is 6.65. The molecule has 0 bridgehead atoms. The number of rotatable bonds is 3. The van der Waals surface area contributed by atoms with E-state index in [1.165, 1.54) is 5.56 Å². The summed E-state index contributed by atoms with van der Waals surface area (Å²) in [6, 6.07) is 14.2. The Balaban J connectivity index is 1.60. The van der Waals surface area contributed by atoms with E-state index in [2.05, 4.69) is 41.4 Å². The average Bonchev–Trinajstić information content (AvgIpc) is 2.85. The van der Waals surface area contributed by atoms with Crippen LogP contribution in [0.3, 0.4) is 0 Å². The molecule has 0 radical (unpaired) electrons. The highest BCUT2D eigenvalue weighted by molar-refractivity contribution is 5.47. The third-order valence-corrected chi connectivity index (χ3v) is 4.41. The standard InChI is InChI=1S/C19H19N3O2/c1-13-5-7-14(8-6-13)12-24-16-9-10-17-15(11-16)3-2-4-18-20-21-19(23)22(17)18/h5-11H,2-4,12H2,1H3,(H,21,23). The van der Waals surface area contributed by atoms with Crippen LogP contribution in [0.15, 0.2) is 47.3 Å². The summed E-state index contributed by atoms with van der Waals surface area (Å²) in [7, 11) is 0. The van der Waals surface area contributed by atoms with Gasteiger partial charge in [-0.05, 0) is 49.1 Å². The number of hydrogen-bond acceptors (Lipinski definition) is 3. The number of H-pyrrole nitrogens is 1. The van der Waals surface area contributed by atoms with Crippen molar-refractivity contribution in [3.05, 3.63) is 75.5 Å². The highest BCUT2D eigenvalue weighted by Crippen LogP contribution is 2.26. The van der Waals surface area contributed by atoms with Gasteiger partial charge in [-0.15, -0.1) is 0 Å². The van der Waals surface area contributed by atoms with Gasteiger partial charge in [-0.25, -0.2) is 14.5 Å². The van der Waals surface area contributed by atoms with Crippen LogP contribution in [0.4, 0.5) is 0 Å². The molecule has 24 heavy (non-hydrogen) atoms. The summed E-state index contributed by atoms with van der Waals surface area (Å²) >= 11 is 0. The summed E-state index contributed by atoms with van der Waals surface area (Å²) in [6.07, 6.45) is 2.69. The summed E-state index contributed by atoms with van der Waals surface area (Å²) in [5.41, 5.74) is 4.23. The minimum Gasteiger partial charge on any atom is -0.489 e. The Morgan fingerprint density at radius 2 is 2.00 bits per heavy atom. The normalized spacial score (nSPS) is 13.0. The first-order valence-electron chi connectivity index (χ1n) is 8.19. The Morgan fingerprint density at radius 1 is 1.17 bits per heavy atom. The molecule has 0 spiro atoms. The Hall–Kier alpha value is -2.82. The van der Waals surface area contributed by atoms with Crippen LogP contribution in [0.25, 0.3) is 5.69 Å². The van der Waals surface area contributed by atoms with E-state index >= 15 is 0 Å². The van der Waals surface area contributed by atoms with Crippen LogP contribution in [-0.4, -0.2) is 14.8 Å². The lowest BCUT2D eigenvalue weighted by Crippen LogP contribution is -2.17. The smallest absolute Gasteiger partial charge is 0.347 e. The van der Waals surface area contributed by atoms with E-state index in [-0.39, 0.29) is 5.69 Å². The predicted octanol–water partition coefficient (Wildman–Crippen LogP) is 2.94. The van der Waals surface area contributed by atoms with Gasteiger partial charge in [-0.3, -0.25) is 0 Å². The predicted molar refractivity (Wildman–Crippen MR) is 91.7 cm³/mol. The number of nitrogens with zero attached hydrogens (tertiary/aromatic N) is 2. The summed E-state index contributed by atoms with van der Waals surface area (Å²) in [5.74, 6) is 1.63. The van der Waals surface area contributed by atoms with Crippen molar-refractivity contribution in [3.63, 3.8) is 0 Å². The molecular weight excluding hydrogens is 302 g/mol. The zero-order valence-corrected chi connectivity index (χ0v) is 13.6. The minimum atomic E-state index is -0.179. The van der Waals surface area contributed by atoms with Crippen LogP contribution in [0.2, 0.25) is 0 Å². The van der Waals surface area contributed by atoms with Crippen molar-refractivity contribution < 1.29 is 4.74 Å². The Bertz CT molecular complexity index is 923. The van der Waals surface area contributed by atoms with Crippen LogP contribution in [0.1, 0.15) is 28.9 Å². The van der Waals surface area contributed by atoms with E-state index in [9.17, 15) is 4.79 Å². The van der Waals surface area contributed by atoms with Gasteiger partial charge in [0.2, 0.25) is 0 Å². The van der Waals surface area contributed by atoms with E-state index in [0.717, 1.165) is 47.7 Å². The van der Waals surface area contributed by atoms with E-state index in [1.54, 1.807) is 4.57 Å². The first kappa shape index (κ1) is 14.8. The molecular formula is C19H19N3O2. The quantitative estimate of drug-likeness (QED) is 0.807. The highest BCUT2D eigenvalue weighted by Gasteiger charge is 2.18. The summed E-state index contributed by atoms with van der Waals surface area (Å²) in [6.45, 7) is 2.61. The molecule has 1 N–H and O–H groups in total. The highest BCUT2D eigenvalue weighted by atomic mass is 16.5. The number of fused-ring (bicyclic) bond motifs is 3. The number of aromatic amines is 1. The van der Waals surface area contributed by atoms with Gasteiger partial charge >= 0.3 is 5.69 Å². The average molecular weight is 321 g/mol. The second-order valence-corrected chi connectivity index (χ2v) is 6.20.